The van der Waals surface area contributed by atoms with Crippen LogP contribution in [0, 0.1) is 0 Å². The van der Waals surface area contributed by atoms with Crippen molar-refractivity contribution in [3.8, 4) is 17.1 Å². The zero-order valence-corrected chi connectivity index (χ0v) is 15.9. The van der Waals surface area contributed by atoms with Crippen LogP contribution >= 0.6 is 0 Å². The highest BCUT2D eigenvalue weighted by atomic mass is 16.5. The molecule has 4 rings (SSSR count). The summed E-state index contributed by atoms with van der Waals surface area (Å²) >= 11 is 0. The average molecular weight is 377 g/mol. The Morgan fingerprint density at radius 1 is 1.18 bits per heavy atom. The van der Waals surface area contributed by atoms with E-state index in [1.165, 1.54) is 11.9 Å². The summed E-state index contributed by atoms with van der Waals surface area (Å²) in [4.78, 5) is 30.4. The minimum Gasteiger partial charge on any atom is -0.494 e. The van der Waals surface area contributed by atoms with Gasteiger partial charge in [0.1, 0.15) is 17.9 Å². The first-order chi connectivity index (χ1) is 13.7. The van der Waals surface area contributed by atoms with Gasteiger partial charge in [-0.3, -0.25) is 9.69 Å². The highest BCUT2D eigenvalue weighted by molar-refractivity contribution is 5.52. The number of hydrogen-bond donors (Lipinski definition) is 1. The fraction of sp³-hybridized carbons (Fsp3) is 0.333. The molecular weight excluding hydrogens is 354 g/mol. The average Bonchev–Trinajstić information content (AvgIpc) is 2.74. The number of fused-ring (bicyclic) bond motifs is 1. The van der Waals surface area contributed by atoms with E-state index in [1.54, 1.807) is 12.4 Å². The summed E-state index contributed by atoms with van der Waals surface area (Å²) in [5, 5.41) is 0. The first-order valence-electron chi connectivity index (χ1n) is 9.54. The Kier molecular flexibility index (Phi) is 5.43. The Bertz CT molecular complexity index is 986. The lowest BCUT2D eigenvalue weighted by molar-refractivity contribution is 0.241. The summed E-state index contributed by atoms with van der Waals surface area (Å²) in [5.74, 6) is 1.42. The van der Waals surface area contributed by atoms with Crippen LogP contribution in [0.15, 0.2) is 47.8 Å². The molecule has 3 heterocycles. The Morgan fingerprint density at radius 3 is 2.71 bits per heavy atom. The summed E-state index contributed by atoms with van der Waals surface area (Å²) in [7, 11) is 0. The Labute approximate surface area is 163 Å². The van der Waals surface area contributed by atoms with E-state index in [4.69, 9.17) is 4.74 Å². The van der Waals surface area contributed by atoms with Crippen LogP contribution in [-0.4, -0.2) is 38.0 Å². The highest BCUT2D eigenvalue weighted by Crippen LogP contribution is 2.20. The van der Waals surface area contributed by atoms with Crippen LogP contribution < -0.4 is 10.3 Å². The van der Waals surface area contributed by atoms with Gasteiger partial charge in [-0.25, -0.2) is 15.0 Å². The van der Waals surface area contributed by atoms with Crippen molar-refractivity contribution >= 4 is 0 Å². The van der Waals surface area contributed by atoms with E-state index < -0.39 is 0 Å². The molecule has 7 heteroatoms. The lowest BCUT2D eigenvalue weighted by atomic mass is 10.1. The van der Waals surface area contributed by atoms with Crippen LogP contribution in [0.5, 0.6) is 5.75 Å². The smallest absolute Gasteiger partial charge is 0.255 e. The van der Waals surface area contributed by atoms with Crippen molar-refractivity contribution in [3.05, 3.63) is 70.2 Å². The van der Waals surface area contributed by atoms with Gasteiger partial charge >= 0.3 is 0 Å². The van der Waals surface area contributed by atoms with Gasteiger partial charge in [-0.2, -0.15) is 0 Å². The van der Waals surface area contributed by atoms with Crippen LogP contribution in [0.1, 0.15) is 30.2 Å². The molecule has 0 saturated carbocycles. The summed E-state index contributed by atoms with van der Waals surface area (Å²) in [5.41, 5.74) is 3.44. The molecule has 0 spiro atoms. The number of ether oxygens (including phenoxy) is 1. The highest BCUT2D eigenvalue weighted by Gasteiger charge is 2.21. The molecule has 0 fully saturated rings. The lowest BCUT2D eigenvalue weighted by Gasteiger charge is -2.27. The van der Waals surface area contributed by atoms with Crippen molar-refractivity contribution in [2.45, 2.75) is 32.9 Å². The molecule has 0 unspecified atom stereocenters. The Hall–Kier alpha value is -3.06. The van der Waals surface area contributed by atoms with Gasteiger partial charge in [0.15, 0.2) is 0 Å². The van der Waals surface area contributed by atoms with Gasteiger partial charge in [-0.05, 0) is 24.1 Å². The zero-order chi connectivity index (χ0) is 19.3. The van der Waals surface area contributed by atoms with Crippen LogP contribution in [0.3, 0.4) is 0 Å². The first kappa shape index (κ1) is 18.3. The Morgan fingerprint density at radius 2 is 1.96 bits per heavy atom. The van der Waals surface area contributed by atoms with E-state index in [0.717, 1.165) is 55.1 Å². The van der Waals surface area contributed by atoms with Gasteiger partial charge in [-0.1, -0.05) is 19.1 Å². The van der Waals surface area contributed by atoms with Gasteiger partial charge in [0.05, 0.1) is 23.4 Å². The van der Waals surface area contributed by atoms with Crippen LogP contribution in [0.25, 0.3) is 11.4 Å². The molecule has 0 radical (unpaired) electrons. The van der Waals surface area contributed by atoms with Gasteiger partial charge in [0.25, 0.3) is 5.56 Å². The number of aromatic amines is 1. The van der Waals surface area contributed by atoms with Crippen molar-refractivity contribution < 1.29 is 4.74 Å². The number of H-pyrrole nitrogens is 1. The standard InChI is InChI=1S/C21H23N5O2/c1-2-9-28-17-5-3-15(4-6-17)12-26-8-7-19-18(13-26)21(27)25-20(24-19)16-10-22-14-23-11-16/h3-6,10-11,14H,2,7-9,12-13H2,1H3,(H,24,25,27). The van der Waals surface area contributed by atoms with Gasteiger partial charge in [0.2, 0.25) is 0 Å². The maximum absolute atomic E-state index is 12.6. The summed E-state index contributed by atoms with van der Waals surface area (Å²) < 4.78 is 5.63. The maximum atomic E-state index is 12.6. The second-order valence-corrected chi connectivity index (χ2v) is 6.92. The molecule has 144 valence electrons. The van der Waals surface area contributed by atoms with E-state index in [0.29, 0.717) is 12.4 Å². The molecule has 7 nitrogen and oxygen atoms in total. The predicted molar refractivity (Wildman–Crippen MR) is 106 cm³/mol. The largest absolute Gasteiger partial charge is 0.494 e. The molecule has 0 saturated heterocycles. The van der Waals surface area contributed by atoms with Crippen LogP contribution in [0.4, 0.5) is 0 Å². The molecule has 3 aromatic rings. The predicted octanol–water partition coefficient (Wildman–Crippen LogP) is 2.57. The van der Waals surface area contributed by atoms with Gasteiger partial charge in [-0.15, -0.1) is 0 Å². The van der Waals surface area contributed by atoms with Crippen molar-refractivity contribution in [3.63, 3.8) is 0 Å². The van der Waals surface area contributed by atoms with E-state index in [1.807, 2.05) is 12.1 Å². The third-order valence-corrected chi connectivity index (χ3v) is 4.78. The normalized spacial score (nSPS) is 13.9. The van der Waals surface area contributed by atoms with Crippen molar-refractivity contribution in [2.75, 3.05) is 13.2 Å². The zero-order valence-electron chi connectivity index (χ0n) is 15.9. The van der Waals surface area contributed by atoms with E-state index in [-0.39, 0.29) is 5.56 Å². The molecule has 1 aliphatic rings. The van der Waals surface area contributed by atoms with E-state index >= 15 is 0 Å². The van der Waals surface area contributed by atoms with E-state index in [2.05, 4.69) is 43.9 Å². The monoisotopic (exact) mass is 377 g/mol. The van der Waals surface area contributed by atoms with Crippen molar-refractivity contribution in [1.82, 2.24) is 24.8 Å². The number of aromatic nitrogens is 4. The number of rotatable bonds is 6. The Balaban J connectivity index is 1.47. The molecule has 0 amide bonds. The summed E-state index contributed by atoms with van der Waals surface area (Å²) in [6.07, 6.45) is 6.51. The molecule has 1 aliphatic heterocycles. The fourth-order valence-electron chi connectivity index (χ4n) is 3.34. The van der Waals surface area contributed by atoms with E-state index in [9.17, 15) is 4.79 Å². The molecule has 1 N–H and O–H groups in total. The summed E-state index contributed by atoms with van der Waals surface area (Å²) in [6, 6.07) is 8.18. The van der Waals surface area contributed by atoms with Crippen molar-refractivity contribution in [2.24, 2.45) is 0 Å². The molecule has 2 aromatic heterocycles. The number of benzene rings is 1. The quantitative estimate of drug-likeness (QED) is 0.711. The number of hydrogen-bond acceptors (Lipinski definition) is 6. The molecular formula is C21H23N5O2. The summed E-state index contributed by atoms with van der Waals surface area (Å²) in [6.45, 7) is 5.08. The number of nitrogens with one attached hydrogen (secondary N) is 1. The van der Waals surface area contributed by atoms with Crippen LogP contribution in [-0.2, 0) is 19.5 Å². The van der Waals surface area contributed by atoms with Crippen molar-refractivity contribution in [1.29, 1.82) is 0 Å². The minimum atomic E-state index is -0.0862. The molecule has 1 aromatic carbocycles. The topological polar surface area (TPSA) is 84.0 Å². The second kappa shape index (κ2) is 8.31. The molecule has 0 bridgehead atoms. The van der Waals surface area contributed by atoms with Crippen LogP contribution in [0.2, 0.25) is 0 Å². The van der Waals surface area contributed by atoms with Gasteiger partial charge < -0.3 is 9.72 Å². The SMILES string of the molecule is CCCOc1ccc(CN2CCc3nc(-c4cncnc4)[nH]c(=O)c3C2)cc1. The lowest BCUT2D eigenvalue weighted by Crippen LogP contribution is -2.35. The molecule has 0 aliphatic carbocycles. The first-order valence-corrected chi connectivity index (χ1v) is 9.54. The number of nitrogens with zero attached hydrogens (tertiary/aromatic N) is 4. The third kappa shape index (κ3) is 4.09. The molecule has 28 heavy (non-hydrogen) atoms. The molecule has 0 atom stereocenters. The second-order valence-electron chi connectivity index (χ2n) is 6.92. The van der Waals surface area contributed by atoms with Gasteiger partial charge in [0, 0.05) is 38.4 Å². The fourth-order valence-corrected chi connectivity index (χ4v) is 3.34. The maximum Gasteiger partial charge on any atom is 0.255 e. The third-order valence-electron chi connectivity index (χ3n) is 4.78. The minimum absolute atomic E-state index is 0.0862.